The maximum atomic E-state index is 9.19. The number of ether oxygens (including phenoxy) is 1. The van der Waals surface area contributed by atoms with Crippen LogP contribution in [0.4, 0.5) is 0 Å². The molecule has 3 heteroatoms. The van der Waals surface area contributed by atoms with Gasteiger partial charge in [0.1, 0.15) is 0 Å². The maximum Gasteiger partial charge on any atom is 0.0511 e. The number of rotatable bonds is 20. The number of unbranched alkanes of at least 4 members (excludes halogenated alkanes) is 13. The van der Waals surface area contributed by atoms with Crippen molar-refractivity contribution >= 4 is 11.8 Å². The molecular formula is C21H43NOS. The third-order valence-corrected chi connectivity index (χ3v) is 5.94. The Bertz CT molecular complexity index is 226. The van der Waals surface area contributed by atoms with Crippen molar-refractivity contribution < 1.29 is 4.74 Å². The van der Waals surface area contributed by atoms with E-state index in [1.165, 1.54) is 95.6 Å². The summed E-state index contributed by atoms with van der Waals surface area (Å²) >= 11 is 1.97. The Kier molecular flexibility index (Phi) is 21.6. The third kappa shape index (κ3) is 18.6. The minimum atomic E-state index is 0.250. The van der Waals surface area contributed by atoms with Crippen molar-refractivity contribution in [3.63, 3.8) is 0 Å². The van der Waals surface area contributed by atoms with Gasteiger partial charge in [-0.2, -0.15) is 11.8 Å². The third-order valence-electron chi connectivity index (χ3n) is 4.66. The van der Waals surface area contributed by atoms with Gasteiger partial charge in [-0.15, -0.1) is 5.73 Å². The van der Waals surface area contributed by atoms with Crippen LogP contribution in [0.3, 0.4) is 0 Å². The van der Waals surface area contributed by atoms with Gasteiger partial charge in [-0.1, -0.05) is 90.4 Å². The molecule has 0 spiro atoms. The van der Waals surface area contributed by atoms with E-state index in [9.17, 15) is 5.73 Å². The zero-order valence-electron chi connectivity index (χ0n) is 16.6. The molecular weight excluding hydrogens is 314 g/mol. The van der Waals surface area contributed by atoms with E-state index < -0.39 is 0 Å². The molecule has 2 nitrogen and oxygen atoms in total. The van der Waals surface area contributed by atoms with Gasteiger partial charge in [0.2, 0.25) is 0 Å². The van der Waals surface area contributed by atoms with Crippen LogP contribution in [0.25, 0.3) is 0 Å². The summed E-state index contributed by atoms with van der Waals surface area (Å²) in [4.78, 5) is 0. The Balaban J connectivity index is 3.07. The number of hydrogen-bond acceptors (Lipinski definition) is 2. The van der Waals surface area contributed by atoms with E-state index >= 15 is 0 Å². The van der Waals surface area contributed by atoms with Gasteiger partial charge in [-0.05, 0) is 17.9 Å². The molecule has 1 atom stereocenters. The molecule has 2 radical (unpaired) electrons. The largest absolute Gasteiger partial charge is 0.384 e. The number of nitrogens with zero attached hydrogens (tertiary/aromatic N) is 1. The Morgan fingerprint density at radius 3 is 1.62 bits per heavy atom. The lowest BCUT2D eigenvalue weighted by atomic mass is 10.0. The zero-order valence-corrected chi connectivity index (χ0v) is 17.4. The fourth-order valence-corrected chi connectivity index (χ4v) is 4.15. The molecule has 0 aliphatic carbocycles. The minimum absolute atomic E-state index is 0.250. The molecule has 0 aliphatic rings. The van der Waals surface area contributed by atoms with Gasteiger partial charge >= 0.3 is 0 Å². The van der Waals surface area contributed by atoms with Crippen LogP contribution in [0.15, 0.2) is 0 Å². The van der Waals surface area contributed by atoms with Crippen molar-refractivity contribution in [3.05, 3.63) is 0 Å². The van der Waals surface area contributed by atoms with Gasteiger partial charge in [0, 0.05) is 19.6 Å². The molecule has 0 fully saturated rings. The first-order valence-corrected chi connectivity index (χ1v) is 11.7. The summed E-state index contributed by atoms with van der Waals surface area (Å²) < 4.78 is 5.10. The Labute approximate surface area is 157 Å². The molecule has 0 saturated heterocycles. The molecule has 0 rings (SSSR count). The highest BCUT2D eigenvalue weighted by Gasteiger charge is 2.06. The lowest BCUT2D eigenvalue weighted by Crippen LogP contribution is -2.16. The first-order valence-electron chi connectivity index (χ1n) is 10.5. The van der Waals surface area contributed by atoms with Crippen LogP contribution in [-0.2, 0) is 4.74 Å². The van der Waals surface area contributed by atoms with Crippen molar-refractivity contribution in [2.75, 3.05) is 31.8 Å². The molecule has 0 heterocycles. The van der Waals surface area contributed by atoms with Gasteiger partial charge in [-0.3, -0.25) is 0 Å². The summed E-state index contributed by atoms with van der Waals surface area (Å²) in [6.07, 6.45) is 19.9. The van der Waals surface area contributed by atoms with Crippen molar-refractivity contribution in [1.29, 1.82) is 0 Å². The van der Waals surface area contributed by atoms with Crippen LogP contribution < -0.4 is 5.73 Å². The van der Waals surface area contributed by atoms with Crippen molar-refractivity contribution in [1.82, 2.24) is 5.73 Å². The minimum Gasteiger partial charge on any atom is -0.384 e. The van der Waals surface area contributed by atoms with Crippen molar-refractivity contribution in [2.45, 2.75) is 96.8 Å². The summed E-state index contributed by atoms with van der Waals surface area (Å²) in [7, 11) is 1.71. The fraction of sp³-hybridized carbons (Fsp3) is 1.00. The van der Waals surface area contributed by atoms with Crippen LogP contribution in [0.5, 0.6) is 0 Å². The molecule has 0 amide bonds. The highest BCUT2D eigenvalue weighted by atomic mass is 32.2. The summed E-state index contributed by atoms with van der Waals surface area (Å²) in [6.45, 7) is 3.22. The second-order valence-corrected chi connectivity index (χ2v) is 8.32. The van der Waals surface area contributed by atoms with Gasteiger partial charge in [0.05, 0.1) is 6.61 Å². The maximum absolute atomic E-state index is 9.19. The Hall–Kier alpha value is 0.270. The normalized spacial score (nSPS) is 12.6. The first-order chi connectivity index (χ1) is 11.8. The molecule has 1 unspecified atom stereocenters. The summed E-state index contributed by atoms with van der Waals surface area (Å²) in [6, 6.07) is 0. The monoisotopic (exact) mass is 357 g/mol. The van der Waals surface area contributed by atoms with E-state index in [0.29, 0.717) is 12.5 Å². The van der Waals surface area contributed by atoms with E-state index in [1.807, 2.05) is 11.8 Å². The van der Waals surface area contributed by atoms with E-state index in [4.69, 9.17) is 4.74 Å². The Morgan fingerprint density at radius 1 is 0.750 bits per heavy atom. The zero-order chi connectivity index (χ0) is 17.7. The molecule has 0 aliphatic heterocycles. The summed E-state index contributed by atoms with van der Waals surface area (Å²) in [5, 5.41) is 0. The van der Waals surface area contributed by atoms with E-state index in [-0.39, 0.29) is 6.54 Å². The molecule has 0 aromatic rings. The average molecular weight is 358 g/mol. The molecule has 0 saturated carbocycles. The predicted octanol–water partition coefficient (Wildman–Crippen LogP) is 6.53. The van der Waals surface area contributed by atoms with E-state index in [0.717, 1.165) is 5.75 Å². The number of thioether (sulfide) groups is 1. The highest BCUT2D eigenvalue weighted by molar-refractivity contribution is 7.99. The Morgan fingerprint density at radius 2 is 1.21 bits per heavy atom. The van der Waals surface area contributed by atoms with Gasteiger partial charge < -0.3 is 4.74 Å². The van der Waals surface area contributed by atoms with Crippen LogP contribution in [-0.4, -0.2) is 31.8 Å². The van der Waals surface area contributed by atoms with E-state index in [1.54, 1.807) is 7.11 Å². The predicted molar refractivity (Wildman–Crippen MR) is 110 cm³/mol. The van der Waals surface area contributed by atoms with Crippen LogP contribution in [0.1, 0.15) is 96.8 Å². The van der Waals surface area contributed by atoms with Gasteiger partial charge in [0.25, 0.3) is 0 Å². The number of methoxy groups -OCH3 is 1. The second kappa shape index (κ2) is 21.3. The molecule has 144 valence electrons. The summed E-state index contributed by atoms with van der Waals surface area (Å²) in [5.41, 5.74) is 9.19. The second-order valence-electron chi connectivity index (χ2n) is 7.18. The van der Waals surface area contributed by atoms with Crippen molar-refractivity contribution in [2.24, 2.45) is 5.92 Å². The molecule has 0 N–H and O–H groups in total. The molecule has 0 aromatic carbocycles. The average Bonchev–Trinajstić information content (AvgIpc) is 2.60. The molecule has 0 aromatic heterocycles. The standard InChI is InChI=1S/C21H43NOS/c1-3-4-5-6-7-8-9-10-11-12-13-14-15-16-17-24-20-21(18-22)19-23-2/h21H,3-20H2,1-2H3. The molecule has 24 heavy (non-hydrogen) atoms. The fourth-order valence-electron chi connectivity index (χ4n) is 3.04. The van der Waals surface area contributed by atoms with Gasteiger partial charge in [0.15, 0.2) is 0 Å². The lowest BCUT2D eigenvalue weighted by Gasteiger charge is -2.11. The first kappa shape index (κ1) is 24.3. The lowest BCUT2D eigenvalue weighted by molar-refractivity contribution is 0.164. The quantitative estimate of drug-likeness (QED) is 0.232. The highest BCUT2D eigenvalue weighted by Crippen LogP contribution is 2.15. The smallest absolute Gasteiger partial charge is 0.0511 e. The van der Waals surface area contributed by atoms with Crippen molar-refractivity contribution in [3.8, 4) is 0 Å². The van der Waals surface area contributed by atoms with Gasteiger partial charge in [-0.25, -0.2) is 0 Å². The van der Waals surface area contributed by atoms with Crippen LogP contribution in [0.2, 0.25) is 0 Å². The van der Waals surface area contributed by atoms with E-state index in [2.05, 4.69) is 6.92 Å². The SMILES string of the molecule is CCCCCCCCCCCCCCCCSCC(C[N])COC. The van der Waals surface area contributed by atoms with Crippen LogP contribution >= 0.6 is 11.8 Å². The number of hydrogen-bond donors (Lipinski definition) is 0. The summed E-state index contributed by atoms with van der Waals surface area (Å²) in [5.74, 6) is 2.58. The topological polar surface area (TPSA) is 31.5 Å². The van der Waals surface area contributed by atoms with Crippen LogP contribution in [0, 0.1) is 5.92 Å². The molecule has 0 bridgehead atoms.